The first-order valence-corrected chi connectivity index (χ1v) is 9.55. The summed E-state index contributed by atoms with van der Waals surface area (Å²) < 4.78 is 13.1. The third kappa shape index (κ3) is 4.20. The molecular weight excluding hydrogens is 383 g/mol. The van der Waals surface area contributed by atoms with Gasteiger partial charge in [0, 0.05) is 42.6 Å². The molecule has 2 saturated heterocycles. The number of amides is 1. The fourth-order valence-corrected chi connectivity index (χ4v) is 3.67. The minimum Gasteiger partial charge on any atom is -0.368 e. The van der Waals surface area contributed by atoms with Crippen molar-refractivity contribution in [2.75, 3.05) is 36.4 Å². The Labute approximate surface area is 167 Å². The van der Waals surface area contributed by atoms with Gasteiger partial charge < -0.3 is 15.1 Å². The second-order valence-corrected chi connectivity index (χ2v) is 7.25. The number of anilines is 2. The molecule has 9 heteroatoms. The van der Waals surface area contributed by atoms with E-state index in [1.807, 2.05) is 23.1 Å². The van der Waals surface area contributed by atoms with Gasteiger partial charge in [-0.2, -0.15) is 5.53 Å². The highest BCUT2D eigenvalue weighted by molar-refractivity contribution is 6.30. The van der Waals surface area contributed by atoms with Crippen molar-refractivity contribution < 1.29 is 9.18 Å². The van der Waals surface area contributed by atoms with Crippen molar-refractivity contribution >= 4 is 28.9 Å². The van der Waals surface area contributed by atoms with Crippen molar-refractivity contribution in [3.63, 3.8) is 0 Å². The molecule has 2 fully saturated rings. The third-order valence-electron chi connectivity index (χ3n) is 4.98. The van der Waals surface area contributed by atoms with Gasteiger partial charge in [0.2, 0.25) is 5.91 Å². The van der Waals surface area contributed by atoms with Crippen LogP contribution in [0.2, 0.25) is 5.02 Å². The zero-order valence-electron chi connectivity index (χ0n) is 15.2. The fourth-order valence-electron chi connectivity index (χ4n) is 3.48. The lowest BCUT2D eigenvalue weighted by Gasteiger charge is -2.37. The summed E-state index contributed by atoms with van der Waals surface area (Å²) in [6.07, 6.45) is -0.318. The lowest BCUT2D eigenvalue weighted by Crippen LogP contribution is -2.57. The lowest BCUT2D eigenvalue weighted by atomic mass is 10.1. The van der Waals surface area contributed by atoms with Crippen LogP contribution in [-0.4, -0.2) is 49.2 Å². The SMILES string of the molecule is O=C(C1NNNC1Nc1cccc(Cl)c1)N1CCN(c2ccc(F)cc2)CC1. The van der Waals surface area contributed by atoms with Gasteiger partial charge in [-0.05, 0) is 42.5 Å². The maximum absolute atomic E-state index is 13.1. The van der Waals surface area contributed by atoms with E-state index in [1.54, 1.807) is 18.2 Å². The van der Waals surface area contributed by atoms with E-state index in [9.17, 15) is 9.18 Å². The molecule has 2 heterocycles. The van der Waals surface area contributed by atoms with Crippen molar-refractivity contribution in [3.8, 4) is 0 Å². The number of hydrogen-bond donors (Lipinski definition) is 4. The van der Waals surface area contributed by atoms with Gasteiger partial charge in [0.1, 0.15) is 18.0 Å². The van der Waals surface area contributed by atoms with E-state index in [0.29, 0.717) is 31.2 Å². The molecule has 0 aromatic heterocycles. The fraction of sp³-hybridized carbons (Fsp3) is 0.316. The van der Waals surface area contributed by atoms with Crippen LogP contribution in [0, 0.1) is 5.82 Å². The third-order valence-corrected chi connectivity index (χ3v) is 5.22. The minimum absolute atomic E-state index is 0.00999. The second-order valence-electron chi connectivity index (χ2n) is 6.81. The molecule has 28 heavy (non-hydrogen) atoms. The summed E-state index contributed by atoms with van der Waals surface area (Å²) in [5, 5.41) is 3.91. The number of hydrazine groups is 2. The molecule has 4 N–H and O–H groups in total. The highest BCUT2D eigenvalue weighted by Crippen LogP contribution is 2.19. The van der Waals surface area contributed by atoms with E-state index in [0.717, 1.165) is 11.4 Å². The molecule has 2 aliphatic rings. The molecule has 1 amide bonds. The van der Waals surface area contributed by atoms with Crippen LogP contribution in [0.15, 0.2) is 48.5 Å². The molecule has 0 aliphatic carbocycles. The van der Waals surface area contributed by atoms with Crippen LogP contribution in [0.4, 0.5) is 15.8 Å². The Balaban J connectivity index is 1.35. The number of nitrogens with one attached hydrogen (secondary N) is 4. The van der Waals surface area contributed by atoms with Crippen molar-refractivity contribution in [3.05, 3.63) is 59.4 Å². The molecule has 7 nitrogen and oxygen atoms in total. The zero-order chi connectivity index (χ0) is 19.5. The van der Waals surface area contributed by atoms with Crippen LogP contribution in [-0.2, 0) is 4.79 Å². The van der Waals surface area contributed by atoms with Gasteiger partial charge in [-0.3, -0.25) is 4.79 Å². The van der Waals surface area contributed by atoms with Gasteiger partial charge in [0.05, 0.1) is 0 Å². The molecule has 4 rings (SSSR count). The first-order chi connectivity index (χ1) is 13.6. The van der Waals surface area contributed by atoms with Gasteiger partial charge in [-0.25, -0.2) is 15.2 Å². The number of carbonyl (C=O) groups excluding carboxylic acids is 1. The number of rotatable bonds is 4. The van der Waals surface area contributed by atoms with E-state index in [4.69, 9.17) is 11.6 Å². The number of hydrogen-bond acceptors (Lipinski definition) is 6. The molecule has 0 saturated carbocycles. The Kier molecular flexibility index (Phi) is 5.63. The predicted molar refractivity (Wildman–Crippen MR) is 107 cm³/mol. The first-order valence-electron chi connectivity index (χ1n) is 9.17. The van der Waals surface area contributed by atoms with Crippen LogP contribution in [0.25, 0.3) is 0 Å². The molecule has 2 aromatic carbocycles. The summed E-state index contributed by atoms with van der Waals surface area (Å²) in [6.45, 7) is 2.63. The van der Waals surface area contributed by atoms with E-state index in [2.05, 4.69) is 26.6 Å². The van der Waals surface area contributed by atoms with Gasteiger partial charge in [0.25, 0.3) is 0 Å². The van der Waals surface area contributed by atoms with Gasteiger partial charge in [0.15, 0.2) is 0 Å². The normalized spacial score (nSPS) is 22.4. The van der Waals surface area contributed by atoms with Crippen LogP contribution < -0.4 is 26.6 Å². The molecule has 148 valence electrons. The molecule has 0 spiro atoms. The summed E-state index contributed by atoms with van der Waals surface area (Å²) in [4.78, 5) is 17.0. The highest BCUT2D eigenvalue weighted by Gasteiger charge is 2.36. The van der Waals surface area contributed by atoms with Crippen molar-refractivity contribution in [2.45, 2.75) is 12.2 Å². The average Bonchev–Trinajstić information content (AvgIpc) is 3.16. The van der Waals surface area contributed by atoms with Crippen molar-refractivity contribution in [1.82, 2.24) is 21.3 Å². The van der Waals surface area contributed by atoms with E-state index >= 15 is 0 Å². The maximum Gasteiger partial charge on any atom is 0.244 e. The summed E-state index contributed by atoms with van der Waals surface area (Å²) in [5.41, 5.74) is 10.6. The molecule has 0 radical (unpaired) electrons. The Morgan fingerprint density at radius 2 is 1.82 bits per heavy atom. The summed E-state index contributed by atoms with van der Waals surface area (Å²) >= 11 is 6.03. The molecule has 2 atom stereocenters. The Morgan fingerprint density at radius 1 is 1.07 bits per heavy atom. The van der Waals surface area contributed by atoms with Crippen LogP contribution in [0.1, 0.15) is 0 Å². The lowest BCUT2D eigenvalue weighted by molar-refractivity contribution is -0.133. The zero-order valence-corrected chi connectivity index (χ0v) is 15.9. The van der Waals surface area contributed by atoms with E-state index in [-0.39, 0.29) is 17.9 Å². The number of carbonyl (C=O) groups is 1. The van der Waals surface area contributed by atoms with Gasteiger partial charge in [-0.15, -0.1) is 0 Å². The monoisotopic (exact) mass is 404 g/mol. The van der Waals surface area contributed by atoms with Crippen LogP contribution in [0.3, 0.4) is 0 Å². The van der Waals surface area contributed by atoms with Gasteiger partial charge >= 0.3 is 0 Å². The standard InChI is InChI=1S/C19H22ClFN6O/c20-13-2-1-3-15(12-13)22-18-17(23-25-24-18)19(28)27-10-8-26(9-11-27)16-6-4-14(21)5-7-16/h1-7,12,17-18,22-25H,8-11H2. The Bertz CT molecular complexity index is 827. The van der Waals surface area contributed by atoms with Gasteiger partial charge in [-0.1, -0.05) is 17.7 Å². The number of benzene rings is 2. The van der Waals surface area contributed by atoms with Crippen LogP contribution >= 0.6 is 11.6 Å². The molecule has 0 bridgehead atoms. The second kappa shape index (κ2) is 8.32. The van der Waals surface area contributed by atoms with Crippen molar-refractivity contribution in [2.24, 2.45) is 0 Å². The first kappa shape index (κ1) is 18.9. The summed E-state index contributed by atoms with van der Waals surface area (Å²) in [5.74, 6) is -0.237. The number of piperazine rings is 1. The summed E-state index contributed by atoms with van der Waals surface area (Å²) in [7, 11) is 0. The number of halogens is 2. The number of nitrogens with zero attached hydrogens (tertiary/aromatic N) is 2. The largest absolute Gasteiger partial charge is 0.368 e. The molecule has 2 aromatic rings. The highest BCUT2D eigenvalue weighted by atomic mass is 35.5. The Morgan fingerprint density at radius 3 is 2.54 bits per heavy atom. The molecule has 2 unspecified atom stereocenters. The Hall–Kier alpha value is -2.39. The van der Waals surface area contributed by atoms with E-state index < -0.39 is 6.04 Å². The smallest absolute Gasteiger partial charge is 0.244 e. The topological polar surface area (TPSA) is 71.7 Å². The van der Waals surface area contributed by atoms with Crippen molar-refractivity contribution in [1.29, 1.82) is 0 Å². The molecule has 2 aliphatic heterocycles. The quantitative estimate of drug-likeness (QED) is 0.620. The average molecular weight is 405 g/mol. The van der Waals surface area contributed by atoms with E-state index in [1.165, 1.54) is 12.1 Å². The minimum atomic E-state index is -0.462. The predicted octanol–water partition coefficient (Wildman–Crippen LogP) is 1.55. The molecular formula is C19H22ClFN6O. The maximum atomic E-state index is 13.1. The van der Waals surface area contributed by atoms with Crippen LogP contribution in [0.5, 0.6) is 0 Å². The summed E-state index contributed by atoms with van der Waals surface area (Å²) in [6, 6.07) is 13.3.